The molecule has 2 aromatic carbocycles. The Kier molecular flexibility index (Phi) is 3.98. The fraction of sp³-hybridized carbons (Fsp3) is 0.263. The molecule has 1 heterocycles. The maximum atomic E-state index is 12.8. The summed E-state index contributed by atoms with van der Waals surface area (Å²) in [4.78, 5) is 19.0. The quantitative estimate of drug-likeness (QED) is 0.905. The third-order valence-corrected chi connectivity index (χ3v) is 4.91. The van der Waals surface area contributed by atoms with Crippen LogP contribution in [-0.4, -0.2) is 29.9 Å². The van der Waals surface area contributed by atoms with Crippen molar-refractivity contribution in [3.05, 3.63) is 64.2 Å². The molecule has 1 N–H and O–H groups in total. The van der Waals surface area contributed by atoms with Crippen molar-refractivity contribution in [1.29, 1.82) is 0 Å². The third kappa shape index (κ3) is 2.67. The van der Waals surface area contributed by atoms with Gasteiger partial charge in [0.25, 0.3) is 5.91 Å². The number of amides is 1. The molecule has 1 amide bonds. The Morgan fingerprint density at radius 1 is 1.12 bits per heavy atom. The number of nitrogens with zero attached hydrogens (tertiary/aromatic N) is 2. The third-order valence-electron chi connectivity index (χ3n) is 4.58. The second-order valence-corrected chi connectivity index (χ2v) is 6.47. The number of hydrogen-bond acceptors (Lipinski definition) is 3. The summed E-state index contributed by atoms with van der Waals surface area (Å²) >= 11 is 6.17. The SMILES string of the molecule is O=C(c1ccccc1Cl)N1CCN=C1Nc1cccc2c1CCC2. The van der Waals surface area contributed by atoms with Crippen LogP contribution in [0.2, 0.25) is 5.02 Å². The summed E-state index contributed by atoms with van der Waals surface area (Å²) in [6, 6.07) is 13.4. The fourth-order valence-electron chi connectivity index (χ4n) is 3.39. The van der Waals surface area contributed by atoms with E-state index < -0.39 is 0 Å². The lowest BCUT2D eigenvalue weighted by Crippen LogP contribution is -2.38. The lowest BCUT2D eigenvalue weighted by molar-refractivity contribution is 0.0858. The van der Waals surface area contributed by atoms with E-state index in [4.69, 9.17) is 11.6 Å². The van der Waals surface area contributed by atoms with Crippen molar-refractivity contribution in [1.82, 2.24) is 4.90 Å². The molecule has 4 rings (SSSR count). The van der Waals surface area contributed by atoms with E-state index in [2.05, 4.69) is 28.5 Å². The van der Waals surface area contributed by atoms with Gasteiger partial charge in [-0.2, -0.15) is 0 Å². The molecule has 2 aliphatic rings. The first-order valence-electron chi connectivity index (χ1n) is 8.22. The Morgan fingerprint density at radius 2 is 2.00 bits per heavy atom. The van der Waals surface area contributed by atoms with Crippen molar-refractivity contribution in [2.24, 2.45) is 4.99 Å². The fourth-order valence-corrected chi connectivity index (χ4v) is 3.61. The molecule has 1 aliphatic carbocycles. The molecule has 0 bridgehead atoms. The Morgan fingerprint density at radius 3 is 2.88 bits per heavy atom. The van der Waals surface area contributed by atoms with Gasteiger partial charge in [0.05, 0.1) is 17.1 Å². The zero-order valence-electron chi connectivity index (χ0n) is 13.3. The molecule has 0 aromatic heterocycles. The predicted octanol–water partition coefficient (Wildman–Crippen LogP) is 3.75. The second-order valence-electron chi connectivity index (χ2n) is 6.06. The Bertz CT molecular complexity index is 831. The lowest BCUT2D eigenvalue weighted by atomic mass is 10.1. The van der Waals surface area contributed by atoms with E-state index in [1.807, 2.05) is 12.1 Å². The molecule has 0 unspecified atom stereocenters. The smallest absolute Gasteiger partial charge is 0.262 e. The number of carbonyl (C=O) groups is 1. The van der Waals surface area contributed by atoms with Crippen molar-refractivity contribution in [2.75, 3.05) is 18.4 Å². The van der Waals surface area contributed by atoms with Crippen molar-refractivity contribution < 1.29 is 4.79 Å². The minimum Gasteiger partial charge on any atom is -0.326 e. The first kappa shape index (κ1) is 15.2. The average molecular weight is 340 g/mol. The highest BCUT2D eigenvalue weighted by Gasteiger charge is 2.27. The van der Waals surface area contributed by atoms with Crippen molar-refractivity contribution in [2.45, 2.75) is 19.3 Å². The standard InChI is InChI=1S/C19H18ClN3O/c20-16-9-2-1-7-15(16)18(24)23-12-11-21-19(23)22-17-10-4-6-13-5-3-8-14(13)17/h1-2,4,6-7,9-10H,3,5,8,11-12H2,(H,21,22). The maximum absolute atomic E-state index is 12.8. The van der Waals surface area contributed by atoms with Crippen LogP contribution in [0.3, 0.4) is 0 Å². The van der Waals surface area contributed by atoms with E-state index in [0.717, 1.165) is 18.5 Å². The zero-order valence-corrected chi connectivity index (χ0v) is 14.0. The van der Waals surface area contributed by atoms with Crippen LogP contribution in [0.4, 0.5) is 5.69 Å². The molecule has 122 valence electrons. The zero-order chi connectivity index (χ0) is 16.5. The summed E-state index contributed by atoms with van der Waals surface area (Å²) < 4.78 is 0. The molecule has 0 spiro atoms. The van der Waals surface area contributed by atoms with Gasteiger partial charge in [-0.1, -0.05) is 35.9 Å². The van der Waals surface area contributed by atoms with E-state index in [9.17, 15) is 4.79 Å². The Labute approximate surface area is 146 Å². The molecule has 0 saturated heterocycles. The number of aryl methyl sites for hydroxylation is 1. The molecule has 2 aromatic rings. The van der Waals surface area contributed by atoms with Crippen LogP contribution < -0.4 is 5.32 Å². The topological polar surface area (TPSA) is 44.7 Å². The van der Waals surface area contributed by atoms with Gasteiger partial charge in [0.15, 0.2) is 0 Å². The van der Waals surface area contributed by atoms with Gasteiger partial charge >= 0.3 is 0 Å². The van der Waals surface area contributed by atoms with Crippen LogP contribution in [-0.2, 0) is 12.8 Å². The summed E-state index contributed by atoms with van der Waals surface area (Å²) in [6.45, 7) is 1.18. The predicted molar refractivity (Wildman–Crippen MR) is 96.9 cm³/mol. The molecule has 0 atom stereocenters. The number of fused-ring (bicyclic) bond motifs is 1. The highest BCUT2D eigenvalue weighted by Crippen LogP contribution is 2.29. The molecule has 5 heteroatoms. The minimum absolute atomic E-state index is 0.114. The summed E-state index contributed by atoms with van der Waals surface area (Å²) in [6.07, 6.45) is 3.38. The molecular weight excluding hydrogens is 322 g/mol. The minimum atomic E-state index is -0.114. The molecular formula is C19H18ClN3O. The normalized spacial score (nSPS) is 16.0. The van der Waals surface area contributed by atoms with E-state index >= 15 is 0 Å². The molecule has 24 heavy (non-hydrogen) atoms. The van der Waals surface area contributed by atoms with E-state index in [1.165, 1.54) is 17.5 Å². The van der Waals surface area contributed by atoms with Gasteiger partial charge in [-0.25, -0.2) is 0 Å². The largest absolute Gasteiger partial charge is 0.326 e. The highest BCUT2D eigenvalue weighted by atomic mass is 35.5. The first-order chi connectivity index (χ1) is 11.7. The number of hydrogen-bond donors (Lipinski definition) is 1. The van der Waals surface area contributed by atoms with Crippen molar-refractivity contribution in [3.8, 4) is 0 Å². The molecule has 0 fully saturated rings. The van der Waals surface area contributed by atoms with Gasteiger partial charge in [-0.15, -0.1) is 0 Å². The highest BCUT2D eigenvalue weighted by molar-refractivity contribution is 6.34. The summed E-state index contributed by atoms with van der Waals surface area (Å²) in [5.74, 6) is 0.497. The van der Waals surface area contributed by atoms with Crippen LogP contribution in [0.5, 0.6) is 0 Å². The number of aliphatic imine (C=N–C) groups is 1. The van der Waals surface area contributed by atoms with Gasteiger partial charge in [0.2, 0.25) is 5.96 Å². The maximum Gasteiger partial charge on any atom is 0.262 e. The van der Waals surface area contributed by atoms with Crippen LogP contribution in [0, 0.1) is 0 Å². The van der Waals surface area contributed by atoms with Gasteiger partial charge in [0.1, 0.15) is 0 Å². The number of carbonyl (C=O) groups excluding carboxylic acids is 1. The van der Waals surface area contributed by atoms with E-state index in [0.29, 0.717) is 29.6 Å². The summed E-state index contributed by atoms with van der Waals surface area (Å²) in [5.41, 5.74) is 4.30. The van der Waals surface area contributed by atoms with Gasteiger partial charge in [-0.05, 0) is 48.6 Å². The molecule has 0 radical (unpaired) electrons. The number of halogens is 1. The van der Waals surface area contributed by atoms with Crippen LogP contribution in [0.1, 0.15) is 27.9 Å². The average Bonchev–Trinajstić information content (AvgIpc) is 3.24. The number of nitrogens with one attached hydrogen (secondary N) is 1. The molecule has 1 aliphatic heterocycles. The number of anilines is 1. The summed E-state index contributed by atoms with van der Waals surface area (Å²) in [7, 11) is 0. The van der Waals surface area contributed by atoms with Crippen LogP contribution in [0.15, 0.2) is 47.5 Å². The molecule has 0 saturated carbocycles. The summed E-state index contributed by atoms with van der Waals surface area (Å²) in [5, 5.41) is 3.84. The number of benzene rings is 2. The van der Waals surface area contributed by atoms with Gasteiger partial charge < -0.3 is 5.32 Å². The van der Waals surface area contributed by atoms with E-state index in [-0.39, 0.29) is 5.91 Å². The Balaban J connectivity index is 1.59. The Hall–Kier alpha value is -2.33. The molecule has 4 nitrogen and oxygen atoms in total. The van der Waals surface area contributed by atoms with Crippen LogP contribution in [0.25, 0.3) is 0 Å². The number of rotatable bonds is 2. The first-order valence-corrected chi connectivity index (χ1v) is 8.60. The van der Waals surface area contributed by atoms with Gasteiger partial charge in [-0.3, -0.25) is 14.7 Å². The van der Waals surface area contributed by atoms with Crippen LogP contribution >= 0.6 is 11.6 Å². The monoisotopic (exact) mass is 339 g/mol. The van der Waals surface area contributed by atoms with Gasteiger partial charge in [0, 0.05) is 12.2 Å². The van der Waals surface area contributed by atoms with Crippen molar-refractivity contribution >= 4 is 29.2 Å². The van der Waals surface area contributed by atoms with E-state index in [1.54, 1.807) is 17.0 Å². The lowest BCUT2D eigenvalue weighted by Gasteiger charge is -2.21. The van der Waals surface area contributed by atoms with Crippen molar-refractivity contribution in [3.63, 3.8) is 0 Å². The number of guanidine groups is 1. The second kappa shape index (κ2) is 6.29.